The van der Waals surface area contributed by atoms with Gasteiger partial charge in [0.2, 0.25) is 5.87 Å². The molecule has 6 heteroatoms. The molecule has 4 nitrogen and oxygen atoms in total. The van der Waals surface area contributed by atoms with E-state index in [0.717, 1.165) is 12.8 Å². The first-order chi connectivity index (χ1) is 9.09. The Morgan fingerprint density at radius 3 is 2.68 bits per heavy atom. The summed E-state index contributed by atoms with van der Waals surface area (Å²) < 4.78 is 15.8. The summed E-state index contributed by atoms with van der Waals surface area (Å²) in [5.41, 5.74) is -0.430. The normalized spacial score (nSPS) is 14.6. The van der Waals surface area contributed by atoms with Crippen LogP contribution in [0, 0.1) is 5.95 Å². The molecule has 3 rings (SSSR count). The summed E-state index contributed by atoms with van der Waals surface area (Å²) in [5.74, 6) is -2.08. The number of pyridine rings is 1. The van der Waals surface area contributed by atoms with Crippen LogP contribution in [0.4, 0.5) is 9.18 Å². The summed E-state index contributed by atoms with van der Waals surface area (Å²) in [6, 6.07) is 6.72. The van der Waals surface area contributed by atoms with Crippen molar-refractivity contribution in [1.29, 1.82) is 0 Å². The lowest BCUT2D eigenvalue weighted by Crippen LogP contribution is -2.40. The molecule has 1 aliphatic rings. The fourth-order valence-corrected chi connectivity index (χ4v) is 2.29. The minimum atomic E-state index is -1.33. The Labute approximate surface area is 108 Å². The molecule has 0 spiro atoms. The standard InChI is InChI=1S/C13H10BFNO3/c15-12-10(14-13(18)19)11(17)8-3-1-2-4-9(8)16(12)7-5-6-7/h1-4,7H,5-6H2,(H,18,19). The predicted octanol–water partition coefficient (Wildman–Crippen LogP) is 1.48. The number of aromatic nitrogens is 1. The van der Waals surface area contributed by atoms with E-state index < -0.39 is 17.2 Å². The van der Waals surface area contributed by atoms with Crippen molar-refractivity contribution in [3.05, 3.63) is 40.4 Å². The van der Waals surface area contributed by atoms with E-state index in [1.165, 1.54) is 4.57 Å². The summed E-state index contributed by atoms with van der Waals surface area (Å²) >= 11 is 0. The number of halogens is 1. The maximum absolute atomic E-state index is 14.4. The van der Waals surface area contributed by atoms with E-state index in [-0.39, 0.29) is 11.5 Å². The lowest BCUT2D eigenvalue weighted by Gasteiger charge is -2.14. The van der Waals surface area contributed by atoms with Crippen molar-refractivity contribution in [1.82, 2.24) is 4.57 Å². The Morgan fingerprint density at radius 1 is 1.37 bits per heavy atom. The van der Waals surface area contributed by atoms with Gasteiger partial charge < -0.3 is 9.67 Å². The van der Waals surface area contributed by atoms with Crippen molar-refractivity contribution in [2.24, 2.45) is 0 Å². The average Bonchev–Trinajstić information content (AvgIpc) is 3.19. The van der Waals surface area contributed by atoms with E-state index in [4.69, 9.17) is 5.11 Å². The Bertz CT molecular complexity index is 736. The van der Waals surface area contributed by atoms with Crippen LogP contribution in [0.25, 0.3) is 10.9 Å². The van der Waals surface area contributed by atoms with E-state index >= 15 is 0 Å². The summed E-state index contributed by atoms with van der Waals surface area (Å²) in [6.07, 6.45) is 1.69. The molecule has 0 atom stereocenters. The zero-order chi connectivity index (χ0) is 13.6. The molecule has 0 saturated heterocycles. The molecule has 1 saturated carbocycles. The molecule has 1 aromatic carbocycles. The van der Waals surface area contributed by atoms with Gasteiger partial charge in [-0.2, -0.15) is 4.39 Å². The van der Waals surface area contributed by atoms with Gasteiger partial charge in [-0.1, -0.05) is 12.1 Å². The Balaban J connectivity index is 2.37. The molecule has 1 fully saturated rings. The number of hydrogen-bond donors (Lipinski definition) is 1. The summed E-state index contributed by atoms with van der Waals surface area (Å²) in [7, 11) is 0.642. The van der Waals surface area contributed by atoms with Gasteiger partial charge in [0, 0.05) is 16.9 Å². The zero-order valence-corrected chi connectivity index (χ0v) is 9.97. The van der Waals surface area contributed by atoms with Crippen LogP contribution >= 0.6 is 0 Å². The van der Waals surface area contributed by atoms with Crippen LogP contribution in [-0.4, -0.2) is 22.8 Å². The molecule has 1 radical (unpaired) electrons. The van der Waals surface area contributed by atoms with Crippen molar-refractivity contribution in [3.63, 3.8) is 0 Å². The van der Waals surface area contributed by atoms with Gasteiger partial charge in [0.1, 0.15) is 0 Å². The van der Waals surface area contributed by atoms with Gasteiger partial charge in [-0.25, -0.2) is 0 Å². The maximum atomic E-state index is 14.4. The van der Waals surface area contributed by atoms with Gasteiger partial charge in [0.25, 0.3) is 0 Å². The first kappa shape index (κ1) is 12.0. The minimum Gasteiger partial charge on any atom is -0.489 e. The van der Waals surface area contributed by atoms with Gasteiger partial charge in [0.05, 0.1) is 5.52 Å². The molecular weight excluding hydrogens is 248 g/mol. The van der Waals surface area contributed by atoms with E-state index in [9.17, 15) is 14.0 Å². The third kappa shape index (κ3) is 1.93. The second kappa shape index (κ2) is 4.22. The highest BCUT2D eigenvalue weighted by molar-refractivity contribution is 6.82. The number of rotatable bonds is 3. The highest BCUT2D eigenvalue weighted by Crippen LogP contribution is 2.37. The topological polar surface area (TPSA) is 59.3 Å². The molecule has 1 N–H and O–H groups in total. The fraction of sp³-hybridized carbons (Fsp3) is 0.231. The van der Waals surface area contributed by atoms with Crippen LogP contribution in [0.1, 0.15) is 18.9 Å². The van der Waals surface area contributed by atoms with Gasteiger partial charge in [-0.15, -0.1) is 0 Å². The van der Waals surface area contributed by atoms with Crippen LogP contribution < -0.4 is 10.9 Å². The first-order valence-electron chi connectivity index (χ1n) is 6.00. The van der Waals surface area contributed by atoms with Gasteiger partial charge in [-0.05, 0) is 25.0 Å². The van der Waals surface area contributed by atoms with Crippen molar-refractivity contribution >= 4 is 29.5 Å². The molecule has 0 aliphatic heterocycles. The number of carbonyl (C=O) groups is 1. The van der Waals surface area contributed by atoms with Crippen molar-refractivity contribution < 1.29 is 14.3 Å². The quantitative estimate of drug-likeness (QED) is 0.670. The monoisotopic (exact) mass is 258 g/mol. The van der Waals surface area contributed by atoms with Gasteiger partial charge in [0.15, 0.2) is 11.4 Å². The lowest BCUT2D eigenvalue weighted by molar-refractivity contribution is 0.220. The van der Waals surface area contributed by atoms with E-state index in [2.05, 4.69) is 0 Å². The van der Waals surface area contributed by atoms with E-state index in [0.29, 0.717) is 18.2 Å². The van der Waals surface area contributed by atoms with Crippen molar-refractivity contribution in [2.45, 2.75) is 18.9 Å². The molecule has 0 unspecified atom stereocenters. The number of hydrogen-bond acceptors (Lipinski definition) is 2. The van der Waals surface area contributed by atoms with Crippen molar-refractivity contribution in [2.75, 3.05) is 0 Å². The second-order valence-electron chi connectivity index (χ2n) is 4.63. The van der Waals surface area contributed by atoms with Crippen LogP contribution in [0.3, 0.4) is 0 Å². The predicted molar refractivity (Wildman–Crippen MR) is 69.8 cm³/mol. The number of para-hydroxylation sites is 1. The van der Waals surface area contributed by atoms with Crippen molar-refractivity contribution in [3.8, 4) is 0 Å². The van der Waals surface area contributed by atoms with Crippen LogP contribution in [-0.2, 0) is 0 Å². The minimum absolute atomic E-state index is 0.0199. The first-order valence-corrected chi connectivity index (χ1v) is 6.00. The molecular formula is C13H10BFNO3. The Kier molecular flexibility index (Phi) is 2.66. The smallest absolute Gasteiger partial charge is 0.309 e. The molecule has 1 aromatic heterocycles. The average molecular weight is 258 g/mol. The number of benzene rings is 1. The highest BCUT2D eigenvalue weighted by Gasteiger charge is 2.30. The number of nitrogens with zero attached hydrogens (tertiary/aromatic N) is 1. The molecule has 2 aromatic rings. The number of fused-ring (bicyclic) bond motifs is 1. The molecule has 0 bridgehead atoms. The van der Waals surface area contributed by atoms with E-state index in [1.807, 2.05) is 0 Å². The SMILES string of the molecule is O=C(O)[B]c1c(F)n(C2CC2)c2ccccc2c1=O. The third-order valence-corrected chi connectivity index (χ3v) is 3.27. The van der Waals surface area contributed by atoms with E-state index in [1.54, 1.807) is 24.3 Å². The second-order valence-corrected chi connectivity index (χ2v) is 4.63. The summed E-state index contributed by atoms with van der Waals surface area (Å²) in [6.45, 7) is 0. The number of carboxylic acid groups (broad SMARTS) is 1. The molecule has 1 aliphatic carbocycles. The lowest BCUT2D eigenvalue weighted by atomic mass is 9.70. The highest BCUT2D eigenvalue weighted by atomic mass is 19.1. The van der Waals surface area contributed by atoms with Gasteiger partial charge >= 0.3 is 7.28 Å². The Morgan fingerprint density at radius 2 is 2.05 bits per heavy atom. The fourth-order valence-electron chi connectivity index (χ4n) is 2.29. The van der Waals surface area contributed by atoms with Crippen LogP contribution in [0.5, 0.6) is 0 Å². The van der Waals surface area contributed by atoms with Gasteiger partial charge in [-0.3, -0.25) is 9.59 Å². The summed E-state index contributed by atoms with van der Waals surface area (Å²) in [5, 5.41) is 9.11. The van der Waals surface area contributed by atoms with Crippen LogP contribution in [0.15, 0.2) is 29.1 Å². The molecule has 19 heavy (non-hydrogen) atoms. The van der Waals surface area contributed by atoms with Crippen LogP contribution in [0.2, 0.25) is 0 Å². The molecule has 0 amide bonds. The molecule has 95 valence electrons. The molecule has 1 heterocycles. The maximum Gasteiger partial charge on any atom is 0.309 e. The summed E-state index contributed by atoms with van der Waals surface area (Å²) in [4.78, 5) is 22.9. The largest absolute Gasteiger partial charge is 0.489 e. The zero-order valence-electron chi connectivity index (χ0n) is 9.97. The Hall–Kier alpha value is -2.11. The third-order valence-electron chi connectivity index (χ3n) is 3.27.